The van der Waals surface area contributed by atoms with Gasteiger partial charge in [-0.25, -0.2) is 8.42 Å². The van der Waals surface area contributed by atoms with E-state index in [1.807, 2.05) is 0 Å². The zero-order chi connectivity index (χ0) is 26.8. The van der Waals surface area contributed by atoms with Crippen LogP contribution >= 0.6 is 23.2 Å². The van der Waals surface area contributed by atoms with Crippen LogP contribution in [0, 0.1) is 13.8 Å². The normalized spacial score (nSPS) is 11.8. The smallest absolute Gasteiger partial charge is 0.416 e. The Labute approximate surface area is 216 Å². The van der Waals surface area contributed by atoms with Crippen LogP contribution in [0.5, 0.6) is 5.75 Å². The molecule has 0 saturated carbocycles. The maximum atomic E-state index is 13.7. The minimum atomic E-state index is -4.67. The second-order valence-corrected chi connectivity index (χ2v) is 10.5. The number of halogens is 5. The largest absolute Gasteiger partial charge is 0.495 e. The van der Waals surface area contributed by atoms with E-state index in [4.69, 9.17) is 27.9 Å². The molecule has 0 aliphatic heterocycles. The number of rotatable bonds is 7. The summed E-state index contributed by atoms with van der Waals surface area (Å²) in [6, 6.07) is 11.4. The number of anilines is 2. The van der Waals surface area contributed by atoms with Gasteiger partial charge in [-0.1, -0.05) is 35.3 Å². The summed E-state index contributed by atoms with van der Waals surface area (Å²) in [4.78, 5) is 12.7. The van der Waals surface area contributed by atoms with Gasteiger partial charge in [0.15, 0.2) is 0 Å². The van der Waals surface area contributed by atoms with E-state index >= 15 is 0 Å². The van der Waals surface area contributed by atoms with Gasteiger partial charge < -0.3 is 10.1 Å². The van der Waals surface area contributed by atoms with Crippen molar-refractivity contribution in [3.63, 3.8) is 0 Å². The van der Waals surface area contributed by atoms with Crippen molar-refractivity contribution in [1.29, 1.82) is 0 Å². The zero-order valence-corrected chi connectivity index (χ0v) is 21.6. The van der Waals surface area contributed by atoms with E-state index in [-0.39, 0.29) is 32.1 Å². The molecule has 192 valence electrons. The molecule has 0 heterocycles. The first-order valence-electron chi connectivity index (χ1n) is 10.3. The third-order valence-electron chi connectivity index (χ3n) is 5.19. The molecule has 0 aliphatic carbocycles. The number of nitrogens with zero attached hydrogens (tertiary/aromatic N) is 1. The lowest BCUT2D eigenvalue weighted by Gasteiger charge is -2.25. The number of aryl methyl sites for hydroxylation is 2. The third kappa shape index (κ3) is 6.05. The molecule has 3 aromatic carbocycles. The Hall–Kier alpha value is -2.95. The van der Waals surface area contributed by atoms with Gasteiger partial charge in [0, 0.05) is 5.02 Å². The number of benzene rings is 3. The van der Waals surface area contributed by atoms with Crippen LogP contribution in [0.25, 0.3) is 0 Å². The molecule has 0 unspecified atom stereocenters. The van der Waals surface area contributed by atoms with Gasteiger partial charge in [0.2, 0.25) is 5.91 Å². The van der Waals surface area contributed by atoms with Crippen molar-refractivity contribution in [3.05, 3.63) is 81.3 Å². The first-order valence-corrected chi connectivity index (χ1v) is 12.5. The van der Waals surface area contributed by atoms with Gasteiger partial charge in [0.05, 0.1) is 29.1 Å². The lowest BCUT2D eigenvalue weighted by atomic mass is 10.2. The highest BCUT2D eigenvalue weighted by atomic mass is 35.5. The molecule has 3 rings (SSSR count). The third-order valence-corrected chi connectivity index (χ3v) is 7.72. The summed E-state index contributed by atoms with van der Waals surface area (Å²) in [5, 5.41) is 2.38. The van der Waals surface area contributed by atoms with Gasteiger partial charge in [-0.2, -0.15) is 13.2 Å². The van der Waals surface area contributed by atoms with Crippen LogP contribution in [0.4, 0.5) is 24.5 Å². The summed E-state index contributed by atoms with van der Waals surface area (Å²) < 4.78 is 72.9. The summed E-state index contributed by atoms with van der Waals surface area (Å²) in [6.45, 7) is 2.62. The summed E-state index contributed by atoms with van der Waals surface area (Å²) in [5.74, 6) is -0.881. The molecule has 36 heavy (non-hydrogen) atoms. The van der Waals surface area contributed by atoms with Gasteiger partial charge >= 0.3 is 6.18 Å². The highest BCUT2D eigenvalue weighted by Gasteiger charge is 2.33. The maximum absolute atomic E-state index is 13.7. The number of methoxy groups -OCH3 is 1. The number of ether oxygens (including phenoxy) is 1. The summed E-state index contributed by atoms with van der Waals surface area (Å²) >= 11 is 12.2. The Morgan fingerprint density at radius 2 is 1.69 bits per heavy atom. The van der Waals surface area contributed by atoms with E-state index in [2.05, 4.69) is 5.32 Å². The van der Waals surface area contributed by atoms with E-state index in [1.54, 1.807) is 26.0 Å². The number of hydrogen-bond acceptors (Lipinski definition) is 4. The predicted octanol–water partition coefficient (Wildman–Crippen LogP) is 6.47. The molecule has 12 heteroatoms. The molecule has 3 aromatic rings. The van der Waals surface area contributed by atoms with Crippen molar-refractivity contribution in [2.45, 2.75) is 24.9 Å². The SMILES string of the molecule is COc1ccc(C)cc1S(=O)(=O)N(CC(=O)Nc1cc(C(F)(F)F)ccc1Cl)c1ccc(C)c(Cl)c1. The van der Waals surface area contributed by atoms with Gasteiger partial charge in [-0.3, -0.25) is 9.10 Å². The van der Waals surface area contributed by atoms with Crippen LogP contribution in [-0.4, -0.2) is 28.0 Å². The molecular formula is C24H21Cl2F3N2O4S. The summed E-state index contributed by atoms with van der Waals surface area (Å²) in [5.41, 5.74) is 0.0208. The minimum Gasteiger partial charge on any atom is -0.495 e. The van der Waals surface area contributed by atoms with E-state index in [1.165, 1.54) is 31.4 Å². The van der Waals surface area contributed by atoms with Crippen LogP contribution in [0.2, 0.25) is 10.0 Å². The lowest BCUT2D eigenvalue weighted by molar-refractivity contribution is -0.137. The van der Waals surface area contributed by atoms with Crippen LogP contribution < -0.4 is 14.4 Å². The van der Waals surface area contributed by atoms with Crippen molar-refractivity contribution < 1.29 is 31.1 Å². The molecule has 0 aromatic heterocycles. The Balaban J connectivity index is 2.05. The van der Waals surface area contributed by atoms with Crippen molar-refractivity contribution in [2.75, 3.05) is 23.3 Å². The molecule has 0 atom stereocenters. The molecule has 0 aliphatic rings. The van der Waals surface area contributed by atoms with Crippen LogP contribution in [0.3, 0.4) is 0 Å². The topological polar surface area (TPSA) is 75.7 Å². The Morgan fingerprint density at radius 3 is 2.31 bits per heavy atom. The number of carbonyl (C=O) groups excluding carboxylic acids is 1. The number of carbonyl (C=O) groups is 1. The fourth-order valence-corrected chi connectivity index (χ4v) is 5.27. The second-order valence-electron chi connectivity index (χ2n) is 7.84. The molecule has 0 fully saturated rings. The number of amides is 1. The van der Waals surface area contributed by atoms with Crippen molar-refractivity contribution in [1.82, 2.24) is 0 Å². The molecule has 0 radical (unpaired) electrons. The minimum absolute atomic E-state index is 0.0464. The van der Waals surface area contributed by atoms with Crippen LogP contribution in [0.1, 0.15) is 16.7 Å². The highest BCUT2D eigenvalue weighted by Crippen LogP contribution is 2.35. The standard InChI is InChI=1S/C24H21Cl2F3N2O4S/c1-14-4-9-21(35-3)22(10-14)36(33,34)31(17-7-5-15(2)19(26)12-17)13-23(32)30-20-11-16(24(27,28)29)6-8-18(20)25/h4-12H,13H2,1-3H3,(H,30,32). The average molecular weight is 561 g/mol. The Morgan fingerprint density at radius 1 is 1.00 bits per heavy atom. The molecule has 1 N–H and O–H groups in total. The molecule has 0 bridgehead atoms. The molecule has 0 spiro atoms. The predicted molar refractivity (Wildman–Crippen MR) is 134 cm³/mol. The average Bonchev–Trinajstić information content (AvgIpc) is 2.80. The number of hydrogen-bond donors (Lipinski definition) is 1. The molecule has 0 saturated heterocycles. The van der Waals surface area contributed by atoms with Crippen LogP contribution in [0.15, 0.2) is 59.5 Å². The summed E-state index contributed by atoms with van der Waals surface area (Å²) in [6.07, 6.45) is -4.67. The fourth-order valence-electron chi connectivity index (χ4n) is 3.27. The van der Waals surface area contributed by atoms with E-state index in [9.17, 15) is 26.4 Å². The Bertz CT molecular complexity index is 1410. The highest BCUT2D eigenvalue weighted by molar-refractivity contribution is 7.93. The zero-order valence-electron chi connectivity index (χ0n) is 19.3. The lowest BCUT2D eigenvalue weighted by Crippen LogP contribution is -2.38. The maximum Gasteiger partial charge on any atom is 0.416 e. The Kier molecular flexibility index (Phi) is 8.12. The molecular weight excluding hydrogens is 540 g/mol. The number of nitrogens with one attached hydrogen (secondary N) is 1. The van der Waals surface area contributed by atoms with Gasteiger partial charge in [0.1, 0.15) is 17.2 Å². The van der Waals surface area contributed by atoms with Crippen molar-refractivity contribution in [2.24, 2.45) is 0 Å². The van der Waals surface area contributed by atoms with Crippen molar-refractivity contribution in [3.8, 4) is 5.75 Å². The number of sulfonamides is 1. The number of alkyl halides is 3. The second kappa shape index (κ2) is 10.6. The first-order chi connectivity index (χ1) is 16.7. The van der Waals surface area contributed by atoms with Crippen molar-refractivity contribution >= 4 is 50.5 Å². The van der Waals surface area contributed by atoms with E-state index in [0.29, 0.717) is 17.2 Å². The van der Waals surface area contributed by atoms with Gasteiger partial charge in [-0.05, 0) is 67.4 Å². The molecule has 1 amide bonds. The fraction of sp³-hybridized carbons (Fsp3) is 0.208. The van der Waals surface area contributed by atoms with Gasteiger partial charge in [0.25, 0.3) is 10.0 Å². The first kappa shape index (κ1) is 27.6. The van der Waals surface area contributed by atoms with Gasteiger partial charge in [-0.15, -0.1) is 0 Å². The van der Waals surface area contributed by atoms with E-state index < -0.39 is 34.2 Å². The molecule has 6 nitrogen and oxygen atoms in total. The quantitative estimate of drug-likeness (QED) is 0.359. The van der Waals surface area contributed by atoms with E-state index in [0.717, 1.165) is 16.4 Å². The monoisotopic (exact) mass is 560 g/mol. The summed E-state index contributed by atoms with van der Waals surface area (Å²) in [7, 11) is -3.10. The van der Waals surface area contributed by atoms with Crippen LogP contribution in [-0.2, 0) is 21.0 Å².